The van der Waals surface area contributed by atoms with Gasteiger partial charge in [0.1, 0.15) is 0 Å². The van der Waals surface area contributed by atoms with E-state index in [2.05, 4.69) is 5.32 Å². The standard InChI is InChI=1S/C11H15NO2.ClH/c13-10-5-4-8(7-11(10)14)9-3-1-2-6-12-9;/h4-5,7,9,12-14H,1-3,6H2;1H/t9-;/m0./s1. The van der Waals surface area contributed by atoms with Crippen LogP contribution in [0, 0.1) is 0 Å². The molecule has 1 aliphatic rings. The first kappa shape index (κ1) is 12.1. The van der Waals surface area contributed by atoms with Crippen LogP contribution in [0.25, 0.3) is 0 Å². The third-order valence-electron chi connectivity index (χ3n) is 2.71. The maximum Gasteiger partial charge on any atom is 0.157 e. The predicted octanol–water partition coefficient (Wildman–Crippen LogP) is 2.33. The molecule has 0 saturated carbocycles. The van der Waals surface area contributed by atoms with Gasteiger partial charge in [-0.3, -0.25) is 0 Å². The van der Waals surface area contributed by atoms with E-state index in [1.54, 1.807) is 12.1 Å². The van der Waals surface area contributed by atoms with Crippen molar-refractivity contribution in [1.29, 1.82) is 0 Å². The van der Waals surface area contributed by atoms with Crippen molar-refractivity contribution in [2.75, 3.05) is 6.54 Å². The Hall–Kier alpha value is -0.930. The molecule has 0 unspecified atom stereocenters. The topological polar surface area (TPSA) is 52.5 Å². The predicted molar refractivity (Wildman–Crippen MR) is 61.6 cm³/mol. The summed E-state index contributed by atoms with van der Waals surface area (Å²) in [6.45, 7) is 1.03. The van der Waals surface area contributed by atoms with Crippen molar-refractivity contribution in [3.8, 4) is 11.5 Å². The zero-order valence-electron chi connectivity index (χ0n) is 8.44. The van der Waals surface area contributed by atoms with E-state index in [4.69, 9.17) is 0 Å². The van der Waals surface area contributed by atoms with Crippen molar-refractivity contribution >= 4 is 12.4 Å². The highest BCUT2D eigenvalue weighted by Gasteiger charge is 2.15. The van der Waals surface area contributed by atoms with Gasteiger partial charge < -0.3 is 15.5 Å². The van der Waals surface area contributed by atoms with Crippen molar-refractivity contribution in [2.24, 2.45) is 0 Å². The SMILES string of the molecule is Cl.Oc1ccc([C@@H]2CCCCN2)cc1O. The number of phenolic OH excluding ortho intramolecular Hbond substituents is 2. The van der Waals surface area contributed by atoms with Gasteiger partial charge in [0.25, 0.3) is 0 Å². The lowest BCUT2D eigenvalue weighted by Gasteiger charge is -2.23. The summed E-state index contributed by atoms with van der Waals surface area (Å²) in [6, 6.07) is 5.37. The normalized spacial score (nSPS) is 20.7. The Labute approximate surface area is 95.5 Å². The van der Waals surface area contributed by atoms with Crippen LogP contribution in [0.15, 0.2) is 18.2 Å². The van der Waals surface area contributed by atoms with Gasteiger partial charge in [-0.15, -0.1) is 12.4 Å². The summed E-state index contributed by atoms with van der Waals surface area (Å²) in [5.41, 5.74) is 1.06. The molecule has 1 heterocycles. The number of piperidine rings is 1. The number of benzene rings is 1. The van der Waals surface area contributed by atoms with E-state index in [1.807, 2.05) is 6.07 Å². The Morgan fingerprint density at radius 1 is 1.13 bits per heavy atom. The average Bonchev–Trinajstić information content (AvgIpc) is 2.23. The van der Waals surface area contributed by atoms with Crippen molar-refractivity contribution < 1.29 is 10.2 Å². The minimum absolute atomic E-state index is 0. The largest absolute Gasteiger partial charge is 0.504 e. The van der Waals surface area contributed by atoms with Crippen LogP contribution in [0.5, 0.6) is 11.5 Å². The number of rotatable bonds is 1. The van der Waals surface area contributed by atoms with Gasteiger partial charge in [-0.25, -0.2) is 0 Å². The van der Waals surface area contributed by atoms with Gasteiger partial charge in [-0.05, 0) is 37.1 Å². The highest BCUT2D eigenvalue weighted by molar-refractivity contribution is 5.85. The van der Waals surface area contributed by atoms with E-state index < -0.39 is 0 Å². The molecule has 4 heteroatoms. The first-order valence-electron chi connectivity index (χ1n) is 5.02. The first-order chi connectivity index (χ1) is 6.77. The van der Waals surface area contributed by atoms with Gasteiger partial charge in [0.15, 0.2) is 11.5 Å². The van der Waals surface area contributed by atoms with Gasteiger partial charge >= 0.3 is 0 Å². The van der Waals surface area contributed by atoms with E-state index >= 15 is 0 Å². The van der Waals surface area contributed by atoms with Crippen LogP contribution in [-0.2, 0) is 0 Å². The molecule has 1 aromatic carbocycles. The van der Waals surface area contributed by atoms with Crippen LogP contribution in [0.4, 0.5) is 0 Å². The van der Waals surface area contributed by atoms with Gasteiger partial charge in [-0.1, -0.05) is 12.5 Å². The highest BCUT2D eigenvalue weighted by Crippen LogP contribution is 2.30. The van der Waals surface area contributed by atoms with Gasteiger partial charge in [0.05, 0.1) is 0 Å². The summed E-state index contributed by atoms with van der Waals surface area (Å²) in [6.07, 6.45) is 3.55. The maximum atomic E-state index is 9.35. The summed E-state index contributed by atoms with van der Waals surface area (Å²) < 4.78 is 0. The molecule has 1 saturated heterocycles. The molecule has 1 aromatic rings. The van der Waals surface area contributed by atoms with Crippen molar-refractivity contribution in [3.05, 3.63) is 23.8 Å². The summed E-state index contributed by atoms with van der Waals surface area (Å²) in [5, 5.41) is 21.9. The average molecular weight is 230 g/mol. The Morgan fingerprint density at radius 3 is 2.53 bits per heavy atom. The molecule has 0 amide bonds. The van der Waals surface area contributed by atoms with Crippen LogP contribution in [-0.4, -0.2) is 16.8 Å². The molecule has 1 atom stereocenters. The van der Waals surface area contributed by atoms with Crippen molar-refractivity contribution in [2.45, 2.75) is 25.3 Å². The molecular weight excluding hydrogens is 214 g/mol. The third kappa shape index (κ3) is 2.76. The first-order valence-corrected chi connectivity index (χ1v) is 5.02. The molecule has 0 radical (unpaired) electrons. The second kappa shape index (κ2) is 5.24. The summed E-state index contributed by atoms with van der Waals surface area (Å²) in [5.74, 6) is -0.0839. The van der Waals surface area contributed by atoms with Crippen LogP contribution in [0.2, 0.25) is 0 Å². The molecule has 0 aromatic heterocycles. The van der Waals surface area contributed by atoms with E-state index in [0.29, 0.717) is 6.04 Å². The molecule has 0 spiro atoms. The second-order valence-electron chi connectivity index (χ2n) is 3.75. The number of hydrogen-bond acceptors (Lipinski definition) is 3. The number of phenols is 2. The molecule has 3 N–H and O–H groups in total. The monoisotopic (exact) mass is 229 g/mol. The lowest BCUT2D eigenvalue weighted by Crippen LogP contribution is -2.26. The zero-order valence-corrected chi connectivity index (χ0v) is 9.26. The molecule has 1 aliphatic heterocycles. The van der Waals surface area contributed by atoms with Crippen LogP contribution >= 0.6 is 12.4 Å². The lowest BCUT2D eigenvalue weighted by molar-refractivity contribution is 0.393. The van der Waals surface area contributed by atoms with Crippen LogP contribution in [0.3, 0.4) is 0 Å². The van der Waals surface area contributed by atoms with Gasteiger partial charge in [-0.2, -0.15) is 0 Å². The van der Waals surface area contributed by atoms with E-state index in [-0.39, 0.29) is 23.9 Å². The van der Waals surface area contributed by atoms with Gasteiger partial charge in [0, 0.05) is 6.04 Å². The number of hydrogen-bond donors (Lipinski definition) is 3. The number of nitrogens with one attached hydrogen (secondary N) is 1. The molecule has 0 bridgehead atoms. The quantitative estimate of drug-likeness (QED) is 0.648. The van der Waals surface area contributed by atoms with Crippen molar-refractivity contribution in [1.82, 2.24) is 5.32 Å². The maximum absolute atomic E-state index is 9.35. The van der Waals surface area contributed by atoms with E-state index in [9.17, 15) is 10.2 Å². The van der Waals surface area contributed by atoms with Crippen LogP contribution in [0.1, 0.15) is 30.9 Å². The molecular formula is C11H16ClNO2. The second-order valence-corrected chi connectivity index (χ2v) is 3.75. The molecule has 15 heavy (non-hydrogen) atoms. The number of halogens is 1. The zero-order chi connectivity index (χ0) is 9.97. The minimum Gasteiger partial charge on any atom is -0.504 e. The summed E-state index contributed by atoms with van der Waals surface area (Å²) >= 11 is 0. The Morgan fingerprint density at radius 2 is 1.93 bits per heavy atom. The minimum atomic E-state index is -0.0513. The molecule has 1 fully saturated rings. The van der Waals surface area contributed by atoms with Gasteiger partial charge in [0.2, 0.25) is 0 Å². The third-order valence-corrected chi connectivity index (χ3v) is 2.71. The Balaban J connectivity index is 0.00000112. The fraction of sp³-hybridized carbons (Fsp3) is 0.455. The smallest absolute Gasteiger partial charge is 0.157 e. The van der Waals surface area contributed by atoms with E-state index in [1.165, 1.54) is 12.8 Å². The molecule has 2 rings (SSSR count). The lowest BCUT2D eigenvalue weighted by atomic mass is 9.97. The fourth-order valence-corrected chi connectivity index (χ4v) is 1.89. The van der Waals surface area contributed by atoms with Crippen LogP contribution < -0.4 is 5.32 Å². The molecule has 0 aliphatic carbocycles. The summed E-state index contributed by atoms with van der Waals surface area (Å²) in [7, 11) is 0. The molecule has 3 nitrogen and oxygen atoms in total. The Bertz CT molecular complexity index is 324. The highest BCUT2D eigenvalue weighted by atomic mass is 35.5. The van der Waals surface area contributed by atoms with E-state index in [0.717, 1.165) is 18.5 Å². The molecule has 84 valence electrons. The number of aromatic hydroxyl groups is 2. The fourth-order valence-electron chi connectivity index (χ4n) is 1.89. The summed E-state index contributed by atoms with van der Waals surface area (Å²) in [4.78, 5) is 0. The van der Waals surface area contributed by atoms with Crippen molar-refractivity contribution in [3.63, 3.8) is 0 Å². The Kier molecular flexibility index (Phi) is 4.24.